The highest BCUT2D eigenvalue weighted by Gasteiger charge is 2.33. The highest BCUT2D eigenvalue weighted by molar-refractivity contribution is 7.92. The first-order chi connectivity index (χ1) is 18.8. The summed E-state index contributed by atoms with van der Waals surface area (Å²) in [6, 6.07) is 9.63. The van der Waals surface area contributed by atoms with Crippen LogP contribution in [-0.2, 0) is 16.2 Å². The fourth-order valence-corrected chi connectivity index (χ4v) is 5.74. The number of nitriles is 1. The molecule has 1 N–H and O–H groups in total. The second-order valence-electron chi connectivity index (χ2n) is 9.90. The van der Waals surface area contributed by atoms with Gasteiger partial charge < -0.3 is 9.80 Å². The van der Waals surface area contributed by atoms with Crippen molar-refractivity contribution >= 4 is 27.5 Å². The molecule has 13 heteroatoms. The molecule has 0 spiro atoms. The van der Waals surface area contributed by atoms with Crippen LogP contribution < -0.4 is 14.5 Å². The smallest absolute Gasteiger partial charge is 0.354 e. The van der Waals surface area contributed by atoms with Crippen molar-refractivity contribution in [3.63, 3.8) is 0 Å². The highest BCUT2D eigenvalue weighted by Crippen LogP contribution is 2.32. The van der Waals surface area contributed by atoms with Gasteiger partial charge in [-0.3, -0.25) is 4.72 Å². The fraction of sp³-hybridized carbons (Fsp3) is 0.407. The van der Waals surface area contributed by atoms with E-state index in [9.17, 15) is 26.9 Å². The van der Waals surface area contributed by atoms with Gasteiger partial charge in [0.2, 0.25) is 5.95 Å². The number of hydrogen-bond acceptors (Lipinski definition) is 8. The molecule has 0 bridgehead atoms. The van der Waals surface area contributed by atoms with Crippen molar-refractivity contribution < 1.29 is 21.6 Å². The molecule has 0 atom stereocenters. The summed E-state index contributed by atoms with van der Waals surface area (Å²) >= 11 is 0. The molecule has 40 heavy (non-hydrogen) atoms. The van der Waals surface area contributed by atoms with Crippen LogP contribution in [0.3, 0.4) is 0 Å². The Morgan fingerprint density at radius 1 is 1.00 bits per heavy atom. The topological polar surface area (TPSA) is 115 Å². The number of aryl methyl sites for hydroxylation is 1. The lowest BCUT2D eigenvalue weighted by atomic mass is 10.0. The Morgan fingerprint density at radius 2 is 1.65 bits per heavy atom. The standard InChI is InChI=1S/C27H30F3N7O2S/c1-17(2)20-6-8-21(9-7-20)40(38,39)35-24-18(3)22(16-31)25(33-19(24)4)36-12-5-13-37(15-14-36)26-32-11-10-23(34-26)27(28,29)30/h6-11,17,35H,5,12-15H2,1-4H3. The maximum absolute atomic E-state index is 13.2. The molecule has 1 fully saturated rings. The minimum absolute atomic E-state index is 0.0105. The number of nitrogens with one attached hydrogen (secondary N) is 1. The van der Waals surface area contributed by atoms with Gasteiger partial charge in [-0.1, -0.05) is 26.0 Å². The molecule has 0 radical (unpaired) electrons. The molecule has 1 aliphatic rings. The molecule has 9 nitrogen and oxygen atoms in total. The molecular weight excluding hydrogens is 543 g/mol. The zero-order valence-electron chi connectivity index (χ0n) is 22.6. The van der Waals surface area contributed by atoms with Gasteiger partial charge in [0.05, 0.1) is 21.8 Å². The van der Waals surface area contributed by atoms with Crippen LogP contribution in [-0.4, -0.2) is 49.5 Å². The summed E-state index contributed by atoms with van der Waals surface area (Å²) in [6.07, 6.45) is -2.92. The van der Waals surface area contributed by atoms with Crippen LogP contribution in [0.5, 0.6) is 0 Å². The SMILES string of the molecule is Cc1nc(N2CCCN(c3nccc(C(F)(F)F)n3)CC2)c(C#N)c(C)c1NS(=O)(=O)c1ccc(C(C)C)cc1. The third kappa shape index (κ3) is 6.12. The van der Waals surface area contributed by atoms with E-state index in [4.69, 9.17) is 0 Å². The van der Waals surface area contributed by atoms with Gasteiger partial charge in [0, 0.05) is 32.4 Å². The first-order valence-electron chi connectivity index (χ1n) is 12.8. The monoisotopic (exact) mass is 573 g/mol. The largest absolute Gasteiger partial charge is 0.433 e. The Morgan fingerprint density at radius 3 is 2.27 bits per heavy atom. The Bertz CT molecular complexity index is 1540. The van der Waals surface area contributed by atoms with E-state index in [1.54, 1.807) is 43.0 Å². The molecule has 0 saturated carbocycles. The number of hydrogen-bond donors (Lipinski definition) is 1. The summed E-state index contributed by atoms with van der Waals surface area (Å²) in [7, 11) is -3.93. The Balaban J connectivity index is 1.58. The third-order valence-electron chi connectivity index (χ3n) is 6.83. The van der Waals surface area contributed by atoms with Crippen molar-refractivity contribution in [3.8, 4) is 6.07 Å². The van der Waals surface area contributed by atoms with Gasteiger partial charge in [0.1, 0.15) is 17.6 Å². The van der Waals surface area contributed by atoms with Gasteiger partial charge in [-0.15, -0.1) is 0 Å². The number of halogens is 3. The van der Waals surface area contributed by atoms with E-state index in [-0.39, 0.29) is 28.0 Å². The predicted molar refractivity (Wildman–Crippen MR) is 146 cm³/mol. The third-order valence-corrected chi connectivity index (χ3v) is 8.19. The van der Waals surface area contributed by atoms with Gasteiger partial charge in [0.25, 0.3) is 10.0 Å². The molecule has 0 amide bonds. The Kier molecular flexibility index (Phi) is 8.20. The fourth-order valence-electron chi connectivity index (χ4n) is 4.56. The van der Waals surface area contributed by atoms with Crippen LogP contribution in [0.1, 0.15) is 54.3 Å². The first kappa shape index (κ1) is 29.1. The second kappa shape index (κ2) is 11.3. The van der Waals surface area contributed by atoms with Crippen molar-refractivity contribution in [2.24, 2.45) is 0 Å². The second-order valence-corrected chi connectivity index (χ2v) is 11.6. The Hall–Kier alpha value is -3.92. The van der Waals surface area contributed by atoms with Crippen LogP contribution in [0, 0.1) is 25.2 Å². The molecule has 3 heterocycles. The van der Waals surface area contributed by atoms with Crippen LogP contribution in [0.2, 0.25) is 0 Å². The summed E-state index contributed by atoms with van der Waals surface area (Å²) in [5.74, 6) is 0.644. The number of pyridine rings is 1. The van der Waals surface area contributed by atoms with E-state index in [1.165, 1.54) is 0 Å². The normalized spacial score (nSPS) is 14.7. The average Bonchev–Trinajstić information content (AvgIpc) is 3.17. The van der Waals surface area contributed by atoms with Crippen molar-refractivity contribution in [1.82, 2.24) is 15.0 Å². The van der Waals surface area contributed by atoms with E-state index in [0.717, 1.165) is 17.8 Å². The van der Waals surface area contributed by atoms with Crippen molar-refractivity contribution in [3.05, 3.63) is 64.6 Å². The highest BCUT2D eigenvalue weighted by atomic mass is 32.2. The number of nitrogens with zero attached hydrogens (tertiary/aromatic N) is 6. The number of alkyl halides is 3. The predicted octanol–water partition coefficient (Wildman–Crippen LogP) is 5.02. The van der Waals surface area contributed by atoms with Crippen LogP contribution in [0.25, 0.3) is 0 Å². The van der Waals surface area contributed by atoms with Gasteiger partial charge in [-0.2, -0.15) is 18.4 Å². The molecule has 1 aromatic carbocycles. The first-order valence-corrected chi connectivity index (χ1v) is 14.2. The van der Waals surface area contributed by atoms with E-state index < -0.39 is 21.9 Å². The molecule has 0 aliphatic carbocycles. The lowest BCUT2D eigenvalue weighted by Crippen LogP contribution is -2.33. The van der Waals surface area contributed by atoms with E-state index >= 15 is 0 Å². The summed E-state index contributed by atoms with van der Waals surface area (Å²) in [6.45, 7) is 8.95. The number of rotatable bonds is 6. The van der Waals surface area contributed by atoms with Crippen LogP contribution in [0.4, 0.5) is 30.6 Å². The summed E-state index contributed by atoms with van der Waals surface area (Å²) in [4.78, 5) is 16.0. The van der Waals surface area contributed by atoms with Gasteiger partial charge in [0.15, 0.2) is 0 Å². The maximum atomic E-state index is 13.2. The molecule has 0 unspecified atom stereocenters. The average molecular weight is 574 g/mol. The number of benzene rings is 1. The minimum Gasteiger partial charge on any atom is -0.354 e. The number of sulfonamides is 1. The van der Waals surface area contributed by atoms with E-state index in [2.05, 4.69) is 25.7 Å². The zero-order valence-corrected chi connectivity index (χ0v) is 23.4. The van der Waals surface area contributed by atoms with Crippen molar-refractivity contribution in [1.29, 1.82) is 5.26 Å². The quantitative estimate of drug-likeness (QED) is 0.437. The molecule has 1 saturated heterocycles. The Labute approximate surface area is 231 Å². The minimum atomic E-state index is -4.57. The summed E-state index contributed by atoms with van der Waals surface area (Å²) < 4.78 is 68.3. The zero-order chi connectivity index (χ0) is 29.2. The lowest BCUT2D eigenvalue weighted by Gasteiger charge is -2.26. The molecule has 212 valence electrons. The summed E-state index contributed by atoms with van der Waals surface area (Å²) in [5.41, 5.74) is 1.31. The maximum Gasteiger partial charge on any atom is 0.433 e. The van der Waals surface area contributed by atoms with Gasteiger partial charge in [-0.05, 0) is 55.5 Å². The van der Waals surface area contributed by atoms with Crippen molar-refractivity contribution in [2.75, 3.05) is 40.7 Å². The van der Waals surface area contributed by atoms with Gasteiger partial charge >= 0.3 is 6.18 Å². The van der Waals surface area contributed by atoms with Crippen LogP contribution >= 0.6 is 0 Å². The van der Waals surface area contributed by atoms with Crippen LogP contribution in [0.15, 0.2) is 41.4 Å². The van der Waals surface area contributed by atoms with E-state index in [1.807, 2.05) is 18.7 Å². The number of aromatic nitrogens is 3. The molecule has 2 aromatic heterocycles. The van der Waals surface area contributed by atoms with Gasteiger partial charge in [-0.25, -0.2) is 23.4 Å². The summed E-state index contributed by atoms with van der Waals surface area (Å²) in [5, 5.41) is 10.0. The van der Waals surface area contributed by atoms with E-state index in [0.29, 0.717) is 49.7 Å². The number of anilines is 3. The molecule has 1 aliphatic heterocycles. The lowest BCUT2D eigenvalue weighted by molar-refractivity contribution is -0.141. The van der Waals surface area contributed by atoms with Crippen molar-refractivity contribution in [2.45, 2.75) is 51.1 Å². The molecule has 3 aromatic rings. The molecule has 4 rings (SSSR count). The molecular formula is C27H30F3N7O2S.